The minimum atomic E-state index is -0.111. The van der Waals surface area contributed by atoms with Crippen molar-refractivity contribution >= 4 is 23.0 Å². The average Bonchev–Trinajstić information content (AvgIpc) is 2.82. The molecule has 1 aromatic carbocycles. The van der Waals surface area contributed by atoms with E-state index in [0.29, 0.717) is 22.9 Å². The van der Waals surface area contributed by atoms with Crippen molar-refractivity contribution in [2.24, 2.45) is 7.05 Å². The third-order valence-corrected chi connectivity index (χ3v) is 5.41. The molecule has 0 amide bonds. The Labute approximate surface area is 159 Å². The van der Waals surface area contributed by atoms with Crippen molar-refractivity contribution in [2.45, 2.75) is 52.1 Å². The van der Waals surface area contributed by atoms with Gasteiger partial charge in [-0.05, 0) is 58.0 Å². The summed E-state index contributed by atoms with van der Waals surface area (Å²) in [5, 5.41) is 5.76. The van der Waals surface area contributed by atoms with E-state index in [1.54, 1.807) is 4.68 Å². The molecular formula is C19H27N5OS. The van der Waals surface area contributed by atoms with E-state index in [4.69, 9.17) is 12.2 Å². The van der Waals surface area contributed by atoms with Crippen LogP contribution in [0.2, 0.25) is 0 Å². The molecule has 0 spiro atoms. The third kappa shape index (κ3) is 3.54. The van der Waals surface area contributed by atoms with Crippen LogP contribution >= 0.6 is 12.2 Å². The zero-order valence-electron chi connectivity index (χ0n) is 15.8. The van der Waals surface area contributed by atoms with Gasteiger partial charge in [-0.2, -0.15) is 0 Å². The van der Waals surface area contributed by atoms with E-state index in [1.165, 1.54) is 6.42 Å². The lowest BCUT2D eigenvalue weighted by atomic mass is 10.00. The zero-order valence-corrected chi connectivity index (χ0v) is 16.6. The molecule has 1 aliphatic heterocycles. The lowest BCUT2D eigenvalue weighted by Crippen LogP contribution is -2.55. The summed E-state index contributed by atoms with van der Waals surface area (Å²) in [6.45, 7) is 6.31. The number of nitrogens with zero attached hydrogens (tertiary/aromatic N) is 3. The molecule has 1 saturated heterocycles. The number of nitrogens with one attached hydrogen (secondary N) is 2. The average molecular weight is 374 g/mol. The number of anilines is 1. The van der Waals surface area contributed by atoms with Gasteiger partial charge >= 0.3 is 0 Å². The molecular weight excluding hydrogens is 346 g/mol. The fraction of sp³-hybridized carbons (Fsp3) is 0.474. The first kappa shape index (κ1) is 18.7. The third-order valence-electron chi connectivity index (χ3n) is 5.22. The van der Waals surface area contributed by atoms with E-state index < -0.39 is 0 Å². The fourth-order valence-electron chi connectivity index (χ4n) is 3.61. The van der Waals surface area contributed by atoms with Crippen LogP contribution in [0.3, 0.4) is 0 Å². The van der Waals surface area contributed by atoms with Crippen molar-refractivity contribution in [3.63, 3.8) is 0 Å². The van der Waals surface area contributed by atoms with Crippen molar-refractivity contribution < 1.29 is 0 Å². The minimum Gasteiger partial charge on any atom is -0.326 e. The molecule has 2 aromatic rings. The van der Waals surface area contributed by atoms with Crippen LogP contribution in [0.15, 0.2) is 35.1 Å². The molecule has 26 heavy (non-hydrogen) atoms. The molecule has 2 atom stereocenters. The Bertz CT molecular complexity index is 832. The molecule has 1 fully saturated rings. The number of hydrazine groups is 1. The summed E-state index contributed by atoms with van der Waals surface area (Å²) in [5.74, 6) is 0. The number of aromatic nitrogens is 2. The Kier molecular flexibility index (Phi) is 5.48. The van der Waals surface area contributed by atoms with Crippen molar-refractivity contribution in [3.05, 3.63) is 46.4 Å². The standard InChI is InChI=1S/C19H27N5OS/c1-13-9-8-10-14(2)23(13)21-19(26)20-17-15(3)22(4)24(18(17)25)16-11-6-5-7-12-16/h5-7,11-14H,8-10H2,1-4H3,(H2,20,21,26). The number of hydrogen-bond donors (Lipinski definition) is 2. The molecule has 3 rings (SSSR count). The molecule has 140 valence electrons. The van der Waals surface area contributed by atoms with Crippen LogP contribution in [0.4, 0.5) is 5.69 Å². The maximum Gasteiger partial charge on any atom is 0.295 e. The van der Waals surface area contributed by atoms with E-state index >= 15 is 0 Å². The summed E-state index contributed by atoms with van der Waals surface area (Å²) in [6, 6.07) is 10.4. The predicted molar refractivity (Wildman–Crippen MR) is 110 cm³/mol. The first-order valence-corrected chi connectivity index (χ1v) is 9.51. The summed E-state index contributed by atoms with van der Waals surface area (Å²) < 4.78 is 3.49. The van der Waals surface area contributed by atoms with Gasteiger partial charge in [-0.1, -0.05) is 24.6 Å². The SMILES string of the molecule is Cc1c(NC(=S)NN2C(C)CCCC2C)c(=O)n(-c2ccccc2)n1C. The van der Waals surface area contributed by atoms with E-state index in [2.05, 4.69) is 29.6 Å². The molecule has 0 aliphatic carbocycles. The van der Waals surface area contributed by atoms with E-state index in [-0.39, 0.29) is 5.56 Å². The van der Waals surface area contributed by atoms with Crippen LogP contribution in [-0.2, 0) is 7.05 Å². The monoisotopic (exact) mass is 373 g/mol. The van der Waals surface area contributed by atoms with Crippen LogP contribution in [-0.4, -0.2) is 31.6 Å². The highest BCUT2D eigenvalue weighted by molar-refractivity contribution is 7.80. The summed E-state index contributed by atoms with van der Waals surface area (Å²) in [6.07, 6.45) is 3.52. The van der Waals surface area contributed by atoms with Crippen LogP contribution in [0.1, 0.15) is 38.8 Å². The Balaban J connectivity index is 1.82. The smallest absolute Gasteiger partial charge is 0.295 e. The summed E-state index contributed by atoms with van der Waals surface area (Å²) >= 11 is 5.49. The second-order valence-electron chi connectivity index (χ2n) is 7.04. The molecule has 7 heteroatoms. The number of hydrogen-bond acceptors (Lipinski definition) is 3. The van der Waals surface area contributed by atoms with Crippen LogP contribution < -0.4 is 16.3 Å². The second-order valence-corrected chi connectivity index (χ2v) is 7.45. The van der Waals surface area contributed by atoms with Gasteiger partial charge in [0.05, 0.1) is 11.4 Å². The largest absolute Gasteiger partial charge is 0.326 e. The maximum atomic E-state index is 12.9. The molecule has 1 aliphatic rings. The maximum absolute atomic E-state index is 12.9. The van der Waals surface area contributed by atoms with Gasteiger partial charge in [0.25, 0.3) is 5.56 Å². The van der Waals surface area contributed by atoms with E-state index in [1.807, 2.05) is 49.0 Å². The summed E-state index contributed by atoms with van der Waals surface area (Å²) in [5.41, 5.74) is 5.34. The van der Waals surface area contributed by atoms with Gasteiger partial charge in [0.2, 0.25) is 0 Å². The molecule has 0 saturated carbocycles. The predicted octanol–water partition coefficient (Wildman–Crippen LogP) is 2.95. The van der Waals surface area contributed by atoms with E-state index in [0.717, 1.165) is 24.2 Å². The van der Waals surface area contributed by atoms with Gasteiger partial charge in [0.15, 0.2) is 5.11 Å². The Morgan fingerprint density at radius 3 is 2.38 bits per heavy atom. The minimum absolute atomic E-state index is 0.111. The molecule has 2 heterocycles. The van der Waals surface area contributed by atoms with Gasteiger partial charge in [-0.3, -0.25) is 14.9 Å². The number of para-hydroxylation sites is 1. The van der Waals surface area contributed by atoms with Gasteiger partial charge in [0, 0.05) is 19.1 Å². The number of piperidine rings is 1. The highest BCUT2D eigenvalue weighted by atomic mass is 32.1. The number of thiocarbonyl (C=S) groups is 1. The van der Waals surface area contributed by atoms with Gasteiger partial charge in [-0.15, -0.1) is 0 Å². The van der Waals surface area contributed by atoms with E-state index in [9.17, 15) is 4.79 Å². The zero-order chi connectivity index (χ0) is 18.8. The molecule has 1 aromatic heterocycles. The highest BCUT2D eigenvalue weighted by Gasteiger charge is 2.26. The number of benzene rings is 1. The fourth-order valence-corrected chi connectivity index (χ4v) is 3.82. The van der Waals surface area contributed by atoms with Crippen molar-refractivity contribution in [1.29, 1.82) is 0 Å². The lowest BCUT2D eigenvalue weighted by Gasteiger charge is -2.39. The van der Waals surface area contributed by atoms with Crippen molar-refractivity contribution in [2.75, 3.05) is 5.32 Å². The molecule has 2 unspecified atom stereocenters. The van der Waals surface area contributed by atoms with Crippen LogP contribution in [0.5, 0.6) is 0 Å². The normalized spacial score (nSPS) is 20.8. The molecule has 2 N–H and O–H groups in total. The topological polar surface area (TPSA) is 54.2 Å². The Morgan fingerprint density at radius 2 is 1.77 bits per heavy atom. The highest BCUT2D eigenvalue weighted by Crippen LogP contribution is 2.20. The van der Waals surface area contributed by atoms with Crippen molar-refractivity contribution in [1.82, 2.24) is 19.8 Å². The molecule has 0 radical (unpaired) electrons. The quantitative estimate of drug-likeness (QED) is 0.810. The summed E-state index contributed by atoms with van der Waals surface area (Å²) in [7, 11) is 1.88. The molecule has 6 nitrogen and oxygen atoms in total. The Morgan fingerprint density at radius 1 is 1.15 bits per heavy atom. The first-order chi connectivity index (χ1) is 12.4. The van der Waals surface area contributed by atoms with Gasteiger partial charge < -0.3 is 5.32 Å². The lowest BCUT2D eigenvalue weighted by molar-refractivity contribution is 0.0750. The Hall–Kier alpha value is -2.12. The second kappa shape index (κ2) is 7.63. The van der Waals surface area contributed by atoms with Crippen LogP contribution in [0, 0.1) is 6.92 Å². The summed E-state index contributed by atoms with van der Waals surface area (Å²) in [4.78, 5) is 12.9. The van der Waals surface area contributed by atoms with Crippen LogP contribution in [0.25, 0.3) is 5.69 Å². The van der Waals surface area contributed by atoms with Crippen molar-refractivity contribution in [3.8, 4) is 5.69 Å². The number of rotatable bonds is 3. The first-order valence-electron chi connectivity index (χ1n) is 9.10. The van der Waals surface area contributed by atoms with Gasteiger partial charge in [0.1, 0.15) is 5.69 Å². The molecule has 0 bridgehead atoms. The van der Waals surface area contributed by atoms with Gasteiger partial charge in [-0.25, -0.2) is 9.69 Å².